The van der Waals surface area contributed by atoms with E-state index in [0.29, 0.717) is 6.61 Å². The van der Waals surface area contributed by atoms with Crippen LogP contribution in [0.1, 0.15) is 24.0 Å². The molecule has 110 valence electrons. The molecule has 1 unspecified atom stereocenters. The SMILES string of the molecule is CNC(=O)C1(COC)CCCN1Cc1cncc(C)c1. The minimum Gasteiger partial charge on any atom is -0.382 e. The van der Waals surface area contributed by atoms with Gasteiger partial charge in [-0.3, -0.25) is 14.7 Å². The summed E-state index contributed by atoms with van der Waals surface area (Å²) in [5, 5.41) is 2.78. The monoisotopic (exact) mass is 277 g/mol. The van der Waals surface area contributed by atoms with Crippen LogP contribution < -0.4 is 5.32 Å². The molecule has 1 fully saturated rings. The van der Waals surface area contributed by atoms with Crippen LogP contribution in [0.15, 0.2) is 18.5 Å². The van der Waals surface area contributed by atoms with Gasteiger partial charge in [0.2, 0.25) is 5.91 Å². The van der Waals surface area contributed by atoms with Crippen LogP contribution in [0.25, 0.3) is 0 Å². The number of likely N-dealkylation sites (N-methyl/N-ethyl adjacent to an activating group) is 1. The lowest BCUT2D eigenvalue weighted by atomic mass is 9.95. The first-order valence-electron chi connectivity index (χ1n) is 6.99. The molecule has 0 radical (unpaired) electrons. The summed E-state index contributed by atoms with van der Waals surface area (Å²) in [5.74, 6) is 0.0393. The third-order valence-corrected chi connectivity index (χ3v) is 3.96. The van der Waals surface area contributed by atoms with Gasteiger partial charge >= 0.3 is 0 Å². The summed E-state index contributed by atoms with van der Waals surface area (Å²) in [5.41, 5.74) is 1.73. The molecule has 1 aromatic rings. The summed E-state index contributed by atoms with van der Waals surface area (Å²) in [6.07, 6.45) is 5.55. The predicted molar refractivity (Wildman–Crippen MR) is 77.3 cm³/mol. The fourth-order valence-corrected chi connectivity index (χ4v) is 3.05. The highest BCUT2D eigenvalue weighted by Crippen LogP contribution is 2.31. The number of amides is 1. The highest BCUT2D eigenvalue weighted by atomic mass is 16.5. The van der Waals surface area contributed by atoms with Crippen molar-refractivity contribution in [3.63, 3.8) is 0 Å². The van der Waals surface area contributed by atoms with E-state index in [4.69, 9.17) is 4.74 Å². The molecular weight excluding hydrogens is 254 g/mol. The normalized spacial score (nSPS) is 22.9. The molecule has 1 aliphatic rings. The molecule has 1 atom stereocenters. The molecule has 0 aromatic carbocycles. The predicted octanol–water partition coefficient (Wildman–Crippen LogP) is 1.12. The van der Waals surface area contributed by atoms with Crippen LogP contribution in [-0.4, -0.2) is 48.6 Å². The molecule has 5 nitrogen and oxygen atoms in total. The lowest BCUT2D eigenvalue weighted by Crippen LogP contribution is -2.57. The number of nitrogens with one attached hydrogen (secondary N) is 1. The Morgan fingerprint density at radius 1 is 1.55 bits per heavy atom. The third kappa shape index (κ3) is 2.83. The summed E-state index contributed by atoms with van der Waals surface area (Å²) < 4.78 is 5.33. The quantitative estimate of drug-likeness (QED) is 0.876. The fraction of sp³-hybridized carbons (Fsp3) is 0.600. The van der Waals surface area contributed by atoms with Gasteiger partial charge in [0.1, 0.15) is 5.54 Å². The number of hydrogen-bond donors (Lipinski definition) is 1. The van der Waals surface area contributed by atoms with E-state index < -0.39 is 5.54 Å². The average molecular weight is 277 g/mol. The topological polar surface area (TPSA) is 54.5 Å². The largest absolute Gasteiger partial charge is 0.382 e. The molecule has 1 aliphatic heterocycles. The summed E-state index contributed by atoms with van der Waals surface area (Å²) in [7, 11) is 3.33. The van der Waals surface area contributed by atoms with Gasteiger partial charge in [0, 0.05) is 33.1 Å². The molecule has 1 N–H and O–H groups in total. The van der Waals surface area contributed by atoms with Crippen molar-refractivity contribution in [2.45, 2.75) is 31.8 Å². The first kappa shape index (κ1) is 14.9. The molecule has 0 saturated carbocycles. The minimum absolute atomic E-state index is 0.0393. The third-order valence-electron chi connectivity index (χ3n) is 3.96. The van der Waals surface area contributed by atoms with Crippen molar-refractivity contribution in [1.82, 2.24) is 15.2 Å². The molecular formula is C15H23N3O2. The molecule has 0 spiro atoms. The van der Waals surface area contributed by atoms with Gasteiger partial charge in [0.15, 0.2) is 0 Å². The molecule has 1 aromatic heterocycles. The second-order valence-electron chi connectivity index (χ2n) is 5.44. The number of aryl methyl sites for hydroxylation is 1. The van der Waals surface area contributed by atoms with E-state index >= 15 is 0 Å². The van der Waals surface area contributed by atoms with E-state index in [1.165, 1.54) is 0 Å². The molecule has 1 amide bonds. The van der Waals surface area contributed by atoms with Gasteiger partial charge in [0.05, 0.1) is 6.61 Å². The lowest BCUT2D eigenvalue weighted by Gasteiger charge is -2.36. The number of nitrogens with zero attached hydrogens (tertiary/aromatic N) is 2. The van der Waals surface area contributed by atoms with Crippen LogP contribution in [0.2, 0.25) is 0 Å². The minimum atomic E-state index is -0.548. The summed E-state index contributed by atoms with van der Waals surface area (Å²) in [6.45, 7) is 4.09. The second-order valence-corrected chi connectivity index (χ2v) is 5.44. The first-order chi connectivity index (χ1) is 9.62. The average Bonchev–Trinajstić information content (AvgIpc) is 2.82. The zero-order chi connectivity index (χ0) is 14.6. The molecule has 20 heavy (non-hydrogen) atoms. The molecule has 2 heterocycles. The van der Waals surface area contributed by atoms with Crippen molar-refractivity contribution in [2.75, 3.05) is 27.3 Å². The number of rotatable bonds is 5. The van der Waals surface area contributed by atoms with Crippen molar-refractivity contribution in [3.8, 4) is 0 Å². The van der Waals surface area contributed by atoms with Crippen LogP contribution in [0.4, 0.5) is 0 Å². The van der Waals surface area contributed by atoms with Crippen LogP contribution in [0.3, 0.4) is 0 Å². The number of ether oxygens (including phenoxy) is 1. The van der Waals surface area contributed by atoms with Gasteiger partial charge in [0.25, 0.3) is 0 Å². The first-order valence-corrected chi connectivity index (χ1v) is 6.99. The molecule has 5 heteroatoms. The van der Waals surface area contributed by atoms with Gasteiger partial charge < -0.3 is 10.1 Å². The number of carbonyl (C=O) groups excluding carboxylic acids is 1. The Labute approximate surface area is 120 Å². The van der Waals surface area contributed by atoms with Gasteiger partial charge in [-0.2, -0.15) is 0 Å². The number of pyridine rings is 1. The fourth-order valence-electron chi connectivity index (χ4n) is 3.05. The second kappa shape index (κ2) is 6.33. The van der Waals surface area contributed by atoms with Crippen molar-refractivity contribution in [3.05, 3.63) is 29.6 Å². The maximum atomic E-state index is 12.3. The Balaban J connectivity index is 2.22. The van der Waals surface area contributed by atoms with Gasteiger partial charge in [-0.15, -0.1) is 0 Å². The van der Waals surface area contributed by atoms with Gasteiger partial charge in [-0.1, -0.05) is 6.07 Å². The molecule has 0 aliphatic carbocycles. The molecule has 0 bridgehead atoms. The number of carbonyl (C=O) groups is 1. The number of hydrogen-bond acceptors (Lipinski definition) is 4. The number of likely N-dealkylation sites (tertiary alicyclic amines) is 1. The van der Waals surface area contributed by atoms with E-state index in [-0.39, 0.29) is 5.91 Å². The Morgan fingerprint density at radius 2 is 2.35 bits per heavy atom. The standard InChI is InChI=1S/C15H23N3O2/c1-12-7-13(9-17-8-12)10-18-6-4-5-15(18,11-20-3)14(19)16-2/h7-9H,4-6,10-11H2,1-3H3,(H,16,19). The highest BCUT2D eigenvalue weighted by molar-refractivity contribution is 5.86. The van der Waals surface area contributed by atoms with Gasteiger partial charge in [-0.25, -0.2) is 0 Å². The van der Waals surface area contributed by atoms with Crippen molar-refractivity contribution in [1.29, 1.82) is 0 Å². The Bertz CT molecular complexity index is 478. The van der Waals surface area contributed by atoms with Crippen molar-refractivity contribution < 1.29 is 9.53 Å². The van der Waals surface area contributed by atoms with E-state index in [1.54, 1.807) is 14.2 Å². The van der Waals surface area contributed by atoms with Crippen LogP contribution in [0.5, 0.6) is 0 Å². The Morgan fingerprint density at radius 3 is 3.00 bits per heavy atom. The number of aromatic nitrogens is 1. The van der Waals surface area contributed by atoms with E-state index in [2.05, 4.69) is 21.3 Å². The highest BCUT2D eigenvalue weighted by Gasteiger charge is 2.46. The maximum absolute atomic E-state index is 12.3. The van der Waals surface area contributed by atoms with Gasteiger partial charge in [-0.05, 0) is 37.4 Å². The van der Waals surface area contributed by atoms with Crippen LogP contribution >= 0.6 is 0 Å². The summed E-state index contributed by atoms with van der Waals surface area (Å²) in [6, 6.07) is 2.12. The Kier molecular flexibility index (Phi) is 4.73. The van der Waals surface area contributed by atoms with Crippen LogP contribution in [-0.2, 0) is 16.1 Å². The summed E-state index contributed by atoms with van der Waals surface area (Å²) in [4.78, 5) is 18.8. The Hall–Kier alpha value is -1.46. The van der Waals surface area contributed by atoms with E-state index in [9.17, 15) is 4.79 Å². The maximum Gasteiger partial charge on any atom is 0.242 e. The van der Waals surface area contributed by atoms with Crippen molar-refractivity contribution >= 4 is 5.91 Å². The molecule has 2 rings (SSSR count). The molecule has 1 saturated heterocycles. The van der Waals surface area contributed by atoms with Crippen molar-refractivity contribution in [2.24, 2.45) is 0 Å². The zero-order valence-electron chi connectivity index (χ0n) is 12.5. The van der Waals surface area contributed by atoms with E-state index in [1.807, 2.05) is 19.3 Å². The smallest absolute Gasteiger partial charge is 0.242 e. The van der Waals surface area contributed by atoms with E-state index in [0.717, 1.165) is 37.1 Å². The van der Waals surface area contributed by atoms with Crippen LogP contribution in [0, 0.1) is 6.92 Å². The zero-order valence-corrected chi connectivity index (χ0v) is 12.5. The lowest BCUT2D eigenvalue weighted by molar-refractivity contribution is -0.135. The number of methoxy groups -OCH3 is 1. The summed E-state index contributed by atoms with van der Waals surface area (Å²) >= 11 is 0.